The minimum absolute atomic E-state index is 0.0126. The number of hydroxylamine groups is 7. The number of ketones is 2. The molecular weight excluding hydrogens is 1070 g/mol. The monoisotopic (exact) mass is 1150 g/mol. The summed E-state index contributed by atoms with van der Waals surface area (Å²) in [4.78, 5) is 66.1. The average molecular weight is 1150 g/mol. The van der Waals surface area contributed by atoms with Gasteiger partial charge in [-0.2, -0.15) is 23.6 Å². The molecule has 0 heterocycles. The van der Waals surface area contributed by atoms with E-state index in [9.17, 15) is 40.8 Å². The zero-order valence-corrected chi connectivity index (χ0v) is 48.3. The second kappa shape index (κ2) is 43.6. The first-order valence-electron chi connectivity index (χ1n) is 24.6. The van der Waals surface area contributed by atoms with Crippen LogP contribution >= 0.6 is 15.9 Å². The van der Waals surface area contributed by atoms with Crippen LogP contribution in [0.1, 0.15) is 119 Å². The van der Waals surface area contributed by atoms with Crippen LogP contribution in [0.4, 0.5) is 22.8 Å². The number of benzene rings is 3. The molecule has 0 saturated heterocycles. The van der Waals surface area contributed by atoms with Crippen LogP contribution in [0.25, 0.3) is 0 Å². The molecule has 0 fully saturated rings. The van der Waals surface area contributed by atoms with E-state index in [2.05, 4.69) is 21.4 Å². The van der Waals surface area contributed by atoms with E-state index in [1.54, 1.807) is 79.9 Å². The molecule has 0 aromatic heterocycles. The van der Waals surface area contributed by atoms with Crippen LogP contribution in [0.2, 0.25) is 0 Å². The Bertz CT molecular complexity index is 2030. The lowest BCUT2D eigenvalue weighted by molar-refractivity contribution is -0.132. The number of rotatable bonds is 28. The van der Waals surface area contributed by atoms with Crippen molar-refractivity contribution in [2.24, 2.45) is 0 Å². The maximum Gasteiger partial charge on any atom is 0.434 e. The molecule has 1 N–H and O–H groups in total. The smallest absolute Gasteiger partial charge is 0.434 e. The number of halogens is 4. The van der Waals surface area contributed by atoms with Crippen LogP contribution in [0.3, 0.4) is 0 Å². The van der Waals surface area contributed by atoms with Gasteiger partial charge in [-0.25, -0.2) is 15.1 Å². The Balaban J connectivity index is 0. The van der Waals surface area contributed by atoms with Gasteiger partial charge in [0.2, 0.25) is 0 Å². The molecule has 3 aromatic rings. The highest BCUT2D eigenvalue weighted by atomic mass is 79.9. The zero-order chi connectivity index (χ0) is 57.1. The van der Waals surface area contributed by atoms with Crippen LogP contribution in [0.5, 0.6) is 0 Å². The summed E-state index contributed by atoms with van der Waals surface area (Å²) in [6.07, 6.45) is 3.49. The Morgan fingerprint density at radius 1 is 0.560 bits per heavy atom. The second-order valence-electron chi connectivity index (χ2n) is 18.0. The van der Waals surface area contributed by atoms with Crippen LogP contribution in [-0.2, 0) is 43.1 Å². The lowest BCUT2D eigenvalue weighted by Crippen LogP contribution is -2.34. The van der Waals surface area contributed by atoms with Gasteiger partial charge in [0.15, 0.2) is 11.6 Å². The van der Waals surface area contributed by atoms with Gasteiger partial charge in [0.1, 0.15) is 11.2 Å². The molecule has 0 aliphatic carbocycles. The minimum atomic E-state index is -3.74. The fourth-order valence-corrected chi connectivity index (χ4v) is 6.22. The summed E-state index contributed by atoms with van der Waals surface area (Å²) in [6.45, 7) is 13.5. The van der Waals surface area contributed by atoms with E-state index in [1.807, 2.05) is 55.5 Å². The number of nitrogens with one attached hydrogen (secondary N) is 1. The van der Waals surface area contributed by atoms with Gasteiger partial charge < -0.3 is 14.3 Å². The SMILES string of the molecule is CN(CC(=O)c1ccccc1)OCCCC[18F].CN(OCCCC[18F])C(=O)OC(C)(C)C.CNOCCCC[18F].Cc1ccc(S(=O)(=O)OCCCCON(C)C(=O)OC(C)(C)C)cc1.O=C(CBr)c1ccccc1. The summed E-state index contributed by atoms with van der Waals surface area (Å²) in [5.74, 6) is 0.138. The summed E-state index contributed by atoms with van der Waals surface area (Å²) in [5.41, 5.74) is 3.79. The van der Waals surface area contributed by atoms with Gasteiger partial charge in [0.05, 0.1) is 69.8 Å². The fraction of sp³-hybridized carbons (Fsp3) is 0.585. The van der Waals surface area contributed by atoms with Crippen molar-refractivity contribution in [1.29, 1.82) is 0 Å². The molecule has 0 spiro atoms. The highest BCUT2D eigenvalue weighted by Gasteiger charge is 2.21. The Morgan fingerprint density at radius 3 is 1.35 bits per heavy atom. The molecule has 17 nitrogen and oxygen atoms in total. The molecule has 0 bridgehead atoms. The van der Waals surface area contributed by atoms with Gasteiger partial charge in [-0.3, -0.25) is 41.5 Å². The van der Waals surface area contributed by atoms with Gasteiger partial charge >= 0.3 is 12.2 Å². The molecule has 0 unspecified atom stereocenters. The zero-order valence-electron chi connectivity index (χ0n) is 45.9. The molecule has 0 saturated carbocycles. The third-order valence-corrected chi connectivity index (χ3v) is 10.6. The lowest BCUT2D eigenvalue weighted by Gasteiger charge is -2.24. The van der Waals surface area contributed by atoms with E-state index >= 15 is 0 Å². The molecule has 3 aromatic carbocycles. The number of hydrogen-bond acceptors (Lipinski definition) is 15. The first-order chi connectivity index (χ1) is 35.4. The second-order valence-corrected chi connectivity index (χ2v) is 20.2. The maximum atomic E-state index is 12.0. The summed E-state index contributed by atoms with van der Waals surface area (Å²) in [7, 11) is 2.60. The number of hydrogen-bond donors (Lipinski definition) is 1. The van der Waals surface area contributed by atoms with Crippen molar-refractivity contribution in [2.75, 3.05) is 93.1 Å². The maximum absolute atomic E-state index is 12.0. The number of unbranched alkanes of at least 4 members (excludes halogenated alkanes) is 4. The highest BCUT2D eigenvalue weighted by Crippen LogP contribution is 2.15. The summed E-state index contributed by atoms with van der Waals surface area (Å²) < 4.78 is 74.0. The number of nitrogens with zero attached hydrogens (tertiary/aromatic N) is 3. The number of likely N-dealkylation sites (N-methyl/N-ethyl adjacent to an activating group) is 1. The van der Waals surface area contributed by atoms with Crippen molar-refractivity contribution in [2.45, 2.75) is 116 Å². The summed E-state index contributed by atoms with van der Waals surface area (Å²) >= 11 is 3.10. The van der Waals surface area contributed by atoms with Crippen molar-refractivity contribution < 1.29 is 73.8 Å². The van der Waals surface area contributed by atoms with Crippen molar-refractivity contribution in [1.82, 2.24) is 20.7 Å². The summed E-state index contributed by atoms with van der Waals surface area (Å²) in [5, 5.41) is 3.95. The highest BCUT2D eigenvalue weighted by molar-refractivity contribution is 9.09. The topological polar surface area (TPSA) is 189 Å². The van der Waals surface area contributed by atoms with Crippen molar-refractivity contribution in [3.05, 3.63) is 102 Å². The van der Waals surface area contributed by atoms with Crippen molar-refractivity contribution in [3.8, 4) is 0 Å². The largest absolute Gasteiger partial charge is 0.442 e. The quantitative estimate of drug-likeness (QED) is 0.0237. The van der Waals surface area contributed by atoms with Crippen molar-refractivity contribution in [3.63, 3.8) is 0 Å². The van der Waals surface area contributed by atoms with Crippen LogP contribution in [0, 0.1) is 6.92 Å². The number of amides is 2. The standard InChI is InChI=1S/C17H27NO6S.C13H18FNO2.C10H20FNO3.C8H7BrO.C5H12FNO/c1-14-8-10-15(11-9-14)25(20,21)23-13-7-6-12-22-18(5)16(19)24-17(2,3)4;1-15(17-10-6-5-9-14)11-13(16)12-7-3-2-4-8-12;1-10(2,3)15-9(13)12(4)14-8-6-5-7-11;9-6-8(10)7-4-2-1-3-5-7;1-7-8-5-3-2-4-6/h8-11H,6-7,12-13H2,1-5H3;2-4,7-8H,5-6,9-11H2,1H3;5-8H2,1-4H3;1-5H,6H2;7H,2-5H2,1H3/i;14-1;11-1;;6-1. The Morgan fingerprint density at radius 2 is 0.947 bits per heavy atom. The number of ether oxygens (including phenoxy) is 2. The van der Waals surface area contributed by atoms with E-state index in [4.69, 9.17) is 33.0 Å². The predicted octanol–water partition coefficient (Wildman–Crippen LogP) is 11.4. The van der Waals surface area contributed by atoms with Gasteiger partial charge in [-0.1, -0.05) is 94.3 Å². The predicted molar refractivity (Wildman–Crippen MR) is 288 cm³/mol. The van der Waals surface area contributed by atoms with Gasteiger partial charge in [0.25, 0.3) is 10.1 Å². The van der Waals surface area contributed by atoms with E-state index in [0.29, 0.717) is 75.7 Å². The van der Waals surface area contributed by atoms with E-state index in [-0.39, 0.29) is 56.2 Å². The van der Waals surface area contributed by atoms with E-state index in [1.165, 1.54) is 31.3 Å². The first-order valence-corrected chi connectivity index (χ1v) is 27.1. The van der Waals surface area contributed by atoms with Crippen LogP contribution in [0.15, 0.2) is 89.8 Å². The van der Waals surface area contributed by atoms with Gasteiger partial charge in [-0.15, -0.1) is 0 Å². The molecule has 0 aliphatic heterocycles. The fourth-order valence-electron chi connectivity index (χ4n) is 4.96. The third kappa shape index (κ3) is 42.3. The number of Topliss-reactive ketones (excluding diaryl/α,β-unsaturated/α-hetero) is 2. The Kier molecular flexibility index (Phi) is 42.1. The average Bonchev–Trinajstić information content (AvgIpc) is 3.36. The molecule has 0 atom stereocenters. The summed E-state index contributed by atoms with van der Waals surface area (Å²) in [6, 6.07) is 24.8. The number of alkyl halides is 4. The first kappa shape index (κ1) is 72.6. The lowest BCUT2D eigenvalue weighted by atomic mass is 10.1. The molecule has 0 aliphatic rings. The molecule has 22 heteroatoms. The molecule has 0 radical (unpaired) electrons. The normalized spacial score (nSPS) is 11.0. The molecule has 3 rings (SSSR count). The Hall–Kier alpha value is -4.52. The molecule has 428 valence electrons. The van der Waals surface area contributed by atoms with Gasteiger partial charge in [-0.05, 0) is 112 Å². The van der Waals surface area contributed by atoms with Crippen LogP contribution in [-0.4, -0.2) is 152 Å². The van der Waals surface area contributed by atoms with E-state index in [0.717, 1.165) is 27.7 Å². The van der Waals surface area contributed by atoms with E-state index < -0.39 is 33.5 Å². The Labute approximate surface area is 453 Å². The van der Waals surface area contributed by atoms with Gasteiger partial charge in [0, 0.05) is 39.3 Å². The molecular formula is C53H84BrF3N4O13S. The number of carbonyl (C=O) groups excluding carboxylic acids is 4. The number of aryl methyl sites for hydroxylation is 1. The molecule has 75 heavy (non-hydrogen) atoms. The molecule has 2 amide bonds. The van der Waals surface area contributed by atoms with Crippen LogP contribution < -0.4 is 5.48 Å². The number of carbonyl (C=O) groups is 4. The third-order valence-electron chi connectivity index (χ3n) is 8.78. The van der Waals surface area contributed by atoms with Crippen molar-refractivity contribution >= 4 is 49.8 Å². The minimum Gasteiger partial charge on any atom is -0.442 e.